The van der Waals surface area contributed by atoms with Crippen molar-refractivity contribution in [3.05, 3.63) is 144 Å². The van der Waals surface area contributed by atoms with E-state index in [4.69, 9.17) is 4.98 Å². The van der Waals surface area contributed by atoms with Crippen LogP contribution in [0.4, 0.5) is 0 Å². The number of pyridine rings is 1. The topological polar surface area (TPSA) is 50.9 Å². The van der Waals surface area contributed by atoms with Gasteiger partial charge in [0.2, 0.25) is 0 Å². The Kier molecular flexibility index (Phi) is 8.98. The molecule has 2 heterocycles. The van der Waals surface area contributed by atoms with E-state index in [2.05, 4.69) is 112 Å². The van der Waals surface area contributed by atoms with Crippen LogP contribution in [-0.4, -0.2) is 19.6 Å². The molecule has 0 aliphatic heterocycles. The molecule has 0 fully saturated rings. The molecule has 4 nitrogen and oxygen atoms in total. The molecule has 0 aliphatic rings. The summed E-state index contributed by atoms with van der Waals surface area (Å²) < 4.78 is 2.22. The van der Waals surface area contributed by atoms with Crippen molar-refractivity contribution in [1.29, 1.82) is 0 Å². The van der Waals surface area contributed by atoms with E-state index in [1.807, 2.05) is 54.7 Å². The third-order valence-electron chi connectivity index (χ3n) is 8.85. The summed E-state index contributed by atoms with van der Waals surface area (Å²) >= 11 is 0. The monoisotopic (exact) mass is 807 g/mol. The Morgan fingerprint density at radius 1 is 0.688 bits per heavy atom. The van der Waals surface area contributed by atoms with Crippen molar-refractivity contribution >= 4 is 11.0 Å². The fourth-order valence-corrected chi connectivity index (χ4v) is 6.58. The van der Waals surface area contributed by atoms with E-state index in [0.717, 1.165) is 61.4 Å². The van der Waals surface area contributed by atoms with Gasteiger partial charge < -0.3 is 5.11 Å². The summed E-state index contributed by atoms with van der Waals surface area (Å²) in [6, 6.07) is 40.9. The number of benzene rings is 5. The minimum Gasteiger partial charge on any atom is -0.507 e. The maximum Gasteiger partial charge on any atom is 0.148 e. The van der Waals surface area contributed by atoms with Gasteiger partial charge in [0.25, 0.3) is 0 Å². The molecule has 0 bridgehead atoms. The molecule has 48 heavy (non-hydrogen) atoms. The Balaban J connectivity index is 0.00000401. The van der Waals surface area contributed by atoms with E-state index in [9.17, 15) is 5.11 Å². The minimum atomic E-state index is -0.0917. The van der Waals surface area contributed by atoms with Crippen LogP contribution in [0.2, 0.25) is 0 Å². The number of rotatable bonds is 5. The first-order chi connectivity index (χ1) is 22.6. The molecule has 0 saturated heterocycles. The van der Waals surface area contributed by atoms with E-state index in [1.165, 1.54) is 11.1 Å². The quantitative estimate of drug-likeness (QED) is 0.176. The first-order valence-electron chi connectivity index (χ1n) is 16.1. The number of hydrogen-bond donors (Lipinski definition) is 1. The Labute approximate surface area is 297 Å². The standard InChI is InChI=1S/C43H38N3O.Pt/c1-27-21-28(2)41(29(3)22-27)46-38-17-12-15-35(32-23-33(37-16-10-11-20-44-37)25-34(24-32)43(4,5)6)40(38)45-42(46)36-26-31(18-19-39(36)47)30-13-8-7-9-14-30;/h7-22,24-26,47H,1-6H3;/q-1;. The van der Waals surface area contributed by atoms with Crippen LogP contribution in [-0.2, 0) is 26.5 Å². The Morgan fingerprint density at radius 3 is 2.08 bits per heavy atom. The van der Waals surface area contributed by atoms with Gasteiger partial charge in [-0.1, -0.05) is 110 Å². The fourth-order valence-electron chi connectivity index (χ4n) is 6.58. The third-order valence-corrected chi connectivity index (χ3v) is 8.85. The molecule has 5 heteroatoms. The van der Waals surface area contributed by atoms with E-state index < -0.39 is 0 Å². The van der Waals surface area contributed by atoms with Crippen LogP contribution in [0.25, 0.3) is 61.6 Å². The van der Waals surface area contributed by atoms with Crippen molar-refractivity contribution in [2.45, 2.75) is 47.0 Å². The van der Waals surface area contributed by atoms with Crippen molar-refractivity contribution in [3.8, 4) is 56.3 Å². The van der Waals surface area contributed by atoms with E-state index in [-0.39, 0.29) is 32.2 Å². The number of phenols is 1. The summed E-state index contributed by atoms with van der Waals surface area (Å²) in [4.78, 5) is 10.1. The number of imidazole rings is 1. The van der Waals surface area contributed by atoms with Crippen molar-refractivity contribution < 1.29 is 26.2 Å². The van der Waals surface area contributed by atoms with E-state index in [0.29, 0.717) is 11.4 Å². The fraction of sp³-hybridized carbons (Fsp3) is 0.163. The van der Waals surface area contributed by atoms with Crippen LogP contribution < -0.4 is 0 Å². The molecule has 2 aromatic heterocycles. The Hall–Kier alpha value is -4.79. The van der Waals surface area contributed by atoms with Gasteiger partial charge in [-0.2, -0.15) is 0 Å². The molecule has 0 unspecified atom stereocenters. The number of hydrogen-bond acceptors (Lipinski definition) is 3. The van der Waals surface area contributed by atoms with Gasteiger partial charge >= 0.3 is 0 Å². The van der Waals surface area contributed by atoms with E-state index in [1.54, 1.807) is 6.07 Å². The van der Waals surface area contributed by atoms with Crippen molar-refractivity contribution in [3.63, 3.8) is 0 Å². The number of nitrogens with zero attached hydrogens (tertiary/aromatic N) is 3. The molecule has 1 N–H and O–H groups in total. The zero-order valence-electron chi connectivity index (χ0n) is 28.1. The number of aromatic hydroxyl groups is 1. The van der Waals surface area contributed by atoms with Crippen molar-refractivity contribution in [2.75, 3.05) is 0 Å². The second-order valence-corrected chi connectivity index (χ2v) is 13.5. The predicted molar refractivity (Wildman–Crippen MR) is 194 cm³/mol. The largest absolute Gasteiger partial charge is 0.507 e. The van der Waals surface area contributed by atoms with Gasteiger partial charge in [0, 0.05) is 33.0 Å². The van der Waals surface area contributed by atoms with Crippen LogP contribution in [0.1, 0.15) is 43.0 Å². The Bertz CT molecular complexity index is 2240. The van der Waals surface area contributed by atoms with Gasteiger partial charge in [0.15, 0.2) is 0 Å². The summed E-state index contributed by atoms with van der Waals surface area (Å²) in [6.45, 7) is 13.1. The van der Waals surface area contributed by atoms with Gasteiger partial charge in [-0.3, -0.25) is 9.55 Å². The average Bonchev–Trinajstić information content (AvgIpc) is 3.44. The van der Waals surface area contributed by atoms with Crippen molar-refractivity contribution in [2.24, 2.45) is 0 Å². The van der Waals surface area contributed by atoms with Gasteiger partial charge in [0.1, 0.15) is 11.6 Å². The minimum absolute atomic E-state index is 0. The molecule has 0 spiro atoms. The number of fused-ring (bicyclic) bond motifs is 1. The smallest absolute Gasteiger partial charge is 0.148 e. The molecule has 0 atom stereocenters. The maximum atomic E-state index is 11.4. The summed E-state index contributed by atoms with van der Waals surface area (Å²) in [7, 11) is 0. The SMILES string of the molecule is Cc1cc(C)c(-n2c(-c3cc(-c4ccccc4)ccc3O)nc3c(-c4[c-]c(-c5ccccn5)cc(C(C)(C)C)c4)cccc32)c(C)c1.[Pt]. The molecule has 0 saturated carbocycles. The first-order valence-corrected chi connectivity index (χ1v) is 16.1. The molecule has 242 valence electrons. The second kappa shape index (κ2) is 13.0. The zero-order chi connectivity index (χ0) is 32.9. The van der Waals surface area contributed by atoms with Crippen LogP contribution in [0.3, 0.4) is 0 Å². The summed E-state index contributed by atoms with van der Waals surface area (Å²) in [5.41, 5.74) is 14.0. The third kappa shape index (κ3) is 6.13. The predicted octanol–water partition coefficient (Wildman–Crippen LogP) is 10.8. The summed E-state index contributed by atoms with van der Waals surface area (Å²) in [5, 5.41) is 11.4. The molecule has 7 aromatic rings. The van der Waals surface area contributed by atoms with E-state index >= 15 is 0 Å². The van der Waals surface area contributed by atoms with Crippen LogP contribution in [0, 0.1) is 26.8 Å². The molecule has 7 rings (SSSR count). The van der Waals surface area contributed by atoms with Gasteiger partial charge in [-0.05, 0) is 72.7 Å². The molecule has 5 aromatic carbocycles. The number of phenolic OH excluding ortho intramolecular Hbond substituents is 1. The molecular formula is C43H38N3OPt-. The van der Waals surface area contributed by atoms with Crippen LogP contribution >= 0.6 is 0 Å². The maximum absolute atomic E-state index is 11.4. The van der Waals surface area contributed by atoms with Gasteiger partial charge in [0.05, 0.1) is 22.3 Å². The van der Waals surface area contributed by atoms with Crippen LogP contribution in [0.5, 0.6) is 5.75 Å². The molecule has 0 radical (unpaired) electrons. The van der Waals surface area contributed by atoms with Crippen molar-refractivity contribution in [1.82, 2.24) is 14.5 Å². The average molecular weight is 808 g/mol. The second-order valence-electron chi connectivity index (χ2n) is 13.5. The number of aromatic nitrogens is 3. The van der Waals surface area contributed by atoms with Crippen LogP contribution in [0.15, 0.2) is 115 Å². The first kappa shape index (κ1) is 33.1. The number of aryl methyl sites for hydroxylation is 3. The zero-order valence-corrected chi connectivity index (χ0v) is 30.3. The summed E-state index contributed by atoms with van der Waals surface area (Å²) in [5.74, 6) is 0.874. The van der Waals surface area contributed by atoms with Gasteiger partial charge in [-0.15, -0.1) is 29.3 Å². The summed E-state index contributed by atoms with van der Waals surface area (Å²) in [6.07, 6.45) is 1.82. The normalized spacial score (nSPS) is 11.5. The van der Waals surface area contributed by atoms with Gasteiger partial charge in [-0.25, -0.2) is 4.98 Å². The molecule has 0 aliphatic carbocycles. The molecule has 0 amide bonds. The molecular weight excluding hydrogens is 770 g/mol. The number of para-hydroxylation sites is 1. The Morgan fingerprint density at radius 2 is 1.40 bits per heavy atom.